The number of anilines is 2. The van der Waals surface area contributed by atoms with Crippen LogP contribution in [0.25, 0.3) is 0 Å². The molecule has 0 saturated heterocycles. The lowest BCUT2D eigenvalue weighted by Crippen LogP contribution is -2.07. The molecule has 0 saturated carbocycles. The highest BCUT2D eigenvalue weighted by Gasteiger charge is 2.04. The third-order valence-electron chi connectivity index (χ3n) is 2.42. The molecule has 0 radical (unpaired) electrons. The third-order valence-corrected chi connectivity index (χ3v) is 2.42. The van der Waals surface area contributed by atoms with Crippen LogP contribution in [0.4, 0.5) is 11.6 Å². The molecule has 7 heteroatoms. The van der Waals surface area contributed by atoms with E-state index in [2.05, 4.69) is 30.7 Å². The predicted molar refractivity (Wildman–Crippen MR) is 69.3 cm³/mol. The lowest BCUT2D eigenvalue weighted by atomic mass is 10.4. The van der Waals surface area contributed by atoms with Crippen LogP contribution in [-0.4, -0.2) is 31.8 Å². The van der Waals surface area contributed by atoms with Gasteiger partial charge in [0.15, 0.2) is 5.82 Å². The molecule has 0 spiro atoms. The molecule has 2 aromatic rings. The van der Waals surface area contributed by atoms with Crippen molar-refractivity contribution in [1.82, 2.24) is 24.7 Å². The fourth-order valence-electron chi connectivity index (χ4n) is 1.51. The molecule has 2 N–H and O–H groups in total. The first-order valence-electron chi connectivity index (χ1n) is 5.85. The zero-order valence-electron chi connectivity index (χ0n) is 10.8. The quantitative estimate of drug-likeness (QED) is 0.814. The van der Waals surface area contributed by atoms with Crippen LogP contribution >= 0.6 is 0 Å². The number of nitrogens with zero attached hydrogens (tertiary/aromatic N) is 5. The van der Waals surface area contributed by atoms with Crippen molar-refractivity contribution in [3.05, 3.63) is 24.0 Å². The van der Waals surface area contributed by atoms with Gasteiger partial charge in [0, 0.05) is 26.6 Å². The van der Waals surface area contributed by atoms with E-state index < -0.39 is 0 Å². The highest BCUT2D eigenvalue weighted by Crippen LogP contribution is 2.11. The molecule has 2 aromatic heterocycles. The molecule has 18 heavy (non-hydrogen) atoms. The molecule has 2 heterocycles. The van der Waals surface area contributed by atoms with Crippen molar-refractivity contribution in [2.45, 2.75) is 19.9 Å². The Balaban J connectivity index is 2.08. The van der Waals surface area contributed by atoms with Gasteiger partial charge in [-0.2, -0.15) is 5.10 Å². The number of hydrogen-bond acceptors (Lipinski definition) is 6. The van der Waals surface area contributed by atoms with Crippen molar-refractivity contribution in [1.29, 1.82) is 0 Å². The molecule has 0 aliphatic carbocycles. The van der Waals surface area contributed by atoms with Crippen molar-refractivity contribution in [2.75, 3.05) is 17.7 Å². The second-order valence-electron chi connectivity index (χ2n) is 3.85. The van der Waals surface area contributed by atoms with Crippen molar-refractivity contribution < 1.29 is 0 Å². The standard InChI is InChI=1S/C11H17N7/c1-4-8-15-9(12-2)5-10(16-8)13-6-11-14-7-18(3)17-11/h5,7H,4,6H2,1-3H3,(H2,12,13,15,16). The average Bonchev–Trinajstić information content (AvgIpc) is 2.81. The zero-order chi connectivity index (χ0) is 13.0. The molecular formula is C11H17N7. The van der Waals surface area contributed by atoms with Gasteiger partial charge in [0.05, 0.1) is 6.54 Å². The van der Waals surface area contributed by atoms with Gasteiger partial charge >= 0.3 is 0 Å². The minimum Gasteiger partial charge on any atom is -0.373 e. The zero-order valence-corrected chi connectivity index (χ0v) is 10.8. The van der Waals surface area contributed by atoms with E-state index in [1.165, 1.54) is 0 Å². The summed E-state index contributed by atoms with van der Waals surface area (Å²) in [7, 11) is 3.68. The SMILES string of the molecule is CCc1nc(NC)cc(NCc2ncn(C)n2)n1. The smallest absolute Gasteiger partial charge is 0.169 e. The lowest BCUT2D eigenvalue weighted by Gasteiger charge is -2.07. The van der Waals surface area contributed by atoms with E-state index in [9.17, 15) is 0 Å². The van der Waals surface area contributed by atoms with Crippen LogP contribution in [0.3, 0.4) is 0 Å². The Morgan fingerprint density at radius 2 is 2.00 bits per heavy atom. The van der Waals surface area contributed by atoms with E-state index in [1.807, 2.05) is 27.1 Å². The van der Waals surface area contributed by atoms with Gasteiger partial charge < -0.3 is 10.6 Å². The summed E-state index contributed by atoms with van der Waals surface area (Å²) in [4.78, 5) is 12.9. The van der Waals surface area contributed by atoms with Crippen LogP contribution in [-0.2, 0) is 20.0 Å². The molecule has 0 amide bonds. The number of aromatic nitrogens is 5. The van der Waals surface area contributed by atoms with Crippen molar-refractivity contribution in [2.24, 2.45) is 7.05 Å². The van der Waals surface area contributed by atoms with Crippen molar-refractivity contribution in [3.8, 4) is 0 Å². The van der Waals surface area contributed by atoms with Crippen LogP contribution in [0.1, 0.15) is 18.6 Å². The first-order valence-corrected chi connectivity index (χ1v) is 5.85. The fraction of sp³-hybridized carbons (Fsp3) is 0.455. The van der Waals surface area contributed by atoms with Gasteiger partial charge in [0.2, 0.25) is 0 Å². The van der Waals surface area contributed by atoms with E-state index in [4.69, 9.17) is 0 Å². The highest BCUT2D eigenvalue weighted by atomic mass is 15.3. The summed E-state index contributed by atoms with van der Waals surface area (Å²) in [6.07, 6.45) is 2.47. The molecule has 0 fully saturated rings. The molecule has 0 aliphatic rings. The van der Waals surface area contributed by atoms with E-state index in [0.29, 0.717) is 6.54 Å². The van der Waals surface area contributed by atoms with Crippen LogP contribution < -0.4 is 10.6 Å². The maximum absolute atomic E-state index is 4.40. The molecule has 96 valence electrons. The Kier molecular flexibility index (Phi) is 3.71. The van der Waals surface area contributed by atoms with Gasteiger partial charge in [-0.15, -0.1) is 0 Å². The summed E-state index contributed by atoms with van der Waals surface area (Å²) >= 11 is 0. The van der Waals surface area contributed by atoms with Gasteiger partial charge in [0.25, 0.3) is 0 Å². The number of aryl methyl sites for hydroxylation is 2. The lowest BCUT2D eigenvalue weighted by molar-refractivity contribution is 0.746. The Bertz CT molecular complexity index is 498. The van der Waals surface area contributed by atoms with Crippen molar-refractivity contribution >= 4 is 11.6 Å². The van der Waals surface area contributed by atoms with Crippen LogP contribution in [0, 0.1) is 0 Å². The Morgan fingerprint density at radius 1 is 1.22 bits per heavy atom. The molecular weight excluding hydrogens is 230 g/mol. The monoisotopic (exact) mass is 247 g/mol. The van der Waals surface area contributed by atoms with Crippen LogP contribution in [0.5, 0.6) is 0 Å². The average molecular weight is 247 g/mol. The van der Waals surface area contributed by atoms with Gasteiger partial charge in [-0.05, 0) is 0 Å². The maximum atomic E-state index is 4.40. The van der Waals surface area contributed by atoms with E-state index in [0.717, 1.165) is 29.7 Å². The van der Waals surface area contributed by atoms with Crippen molar-refractivity contribution in [3.63, 3.8) is 0 Å². The minimum absolute atomic E-state index is 0.546. The number of nitrogens with one attached hydrogen (secondary N) is 2. The van der Waals surface area contributed by atoms with Gasteiger partial charge in [-0.25, -0.2) is 15.0 Å². The molecule has 0 bridgehead atoms. The van der Waals surface area contributed by atoms with Gasteiger partial charge in [0.1, 0.15) is 23.8 Å². The predicted octanol–water partition coefficient (Wildman–Crippen LogP) is 0.821. The topological polar surface area (TPSA) is 80.5 Å². The van der Waals surface area contributed by atoms with Crippen LogP contribution in [0.15, 0.2) is 12.4 Å². The summed E-state index contributed by atoms with van der Waals surface area (Å²) in [5.74, 6) is 3.12. The second kappa shape index (κ2) is 5.44. The molecule has 0 atom stereocenters. The number of hydrogen-bond donors (Lipinski definition) is 2. The third kappa shape index (κ3) is 2.93. The summed E-state index contributed by atoms with van der Waals surface area (Å²) in [5.41, 5.74) is 0. The summed E-state index contributed by atoms with van der Waals surface area (Å²) in [5, 5.41) is 10.4. The van der Waals surface area contributed by atoms with E-state index in [-0.39, 0.29) is 0 Å². The Morgan fingerprint density at radius 3 is 2.61 bits per heavy atom. The van der Waals surface area contributed by atoms with Gasteiger partial charge in [-0.1, -0.05) is 6.92 Å². The highest BCUT2D eigenvalue weighted by molar-refractivity contribution is 5.47. The molecule has 0 unspecified atom stereocenters. The Labute approximate surface area is 106 Å². The summed E-state index contributed by atoms with van der Waals surface area (Å²) in [6.45, 7) is 2.57. The normalized spacial score (nSPS) is 10.4. The fourth-order valence-corrected chi connectivity index (χ4v) is 1.51. The number of rotatable bonds is 5. The largest absolute Gasteiger partial charge is 0.373 e. The van der Waals surface area contributed by atoms with Crippen LogP contribution in [0.2, 0.25) is 0 Å². The Hall–Kier alpha value is -2.18. The first kappa shape index (κ1) is 12.3. The molecule has 0 aromatic carbocycles. The maximum Gasteiger partial charge on any atom is 0.169 e. The minimum atomic E-state index is 0.546. The first-order chi connectivity index (χ1) is 8.71. The van der Waals surface area contributed by atoms with E-state index >= 15 is 0 Å². The second-order valence-corrected chi connectivity index (χ2v) is 3.85. The molecule has 0 aliphatic heterocycles. The summed E-state index contributed by atoms with van der Waals surface area (Å²) in [6, 6.07) is 1.86. The van der Waals surface area contributed by atoms with Gasteiger partial charge in [-0.3, -0.25) is 4.68 Å². The van der Waals surface area contributed by atoms with E-state index in [1.54, 1.807) is 11.0 Å². The summed E-state index contributed by atoms with van der Waals surface area (Å²) < 4.78 is 1.67. The molecule has 7 nitrogen and oxygen atoms in total. The molecule has 2 rings (SSSR count).